The molecule has 1 N–H and O–H groups in total. The zero-order valence-corrected chi connectivity index (χ0v) is 11.5. The zero-order valence-electron chi connectivity index (χ0n) is 10.7. The van der Waals surface area contributed by atoms with E-state index in [2.05, 4.69) is 4.74 Å². The average Bonchev–Trinajstić information content (AvgIpc) is 2.36. The van der Waals surface area contributed by atoms with Gasteiger partial charge >= 0.3 is 12.3 Å². The van der Waals surface area contributed by atoms with Gasteiger partial charge in [-0.2, -0.15) is 0 Å². The molecule has 10 heteroatoms. The fraction of sp³-hybridized carbons (Fsp3) is 0.364. The third kappa shape index (κ3) is 4.90. The van der Waals surface area contributed by atoms with Crippen LogP contribution in [-0.2, 0) is 14.6 Å². The first-order chi connectivity index (χ1) is 9.57. The Bertz CT molecular complexity index is 623. The van der Waals surface area contributed by atoms with Crippen molar-refractivity contribution in [2.45, 2.75) is 11.3 Å². The molecule has 1 aromatic rings. The van der Waals surface area contributed by atoms with Crippen molar-refractivity contribution in [3.8, 4) is 5.75 Å². The average molecular weight is 328 g/mol. The molecule has 118 valence electrons. The first-order valence-corrected chi connectivity index (χ1v) is 7.07. The van der Waals surface area contributed by atoms with E-state index < -0.39 is 39.4 Å². The Morgan fingerprint density at radius 1 is 1.33 bits per heavy atom. The number of hydrogen-bond acceptors (Lipinski definition) is 5. The minimum Gasteiger partial charge on any atom is -0.495 e. The molecule has 0 radical (unpaired) electrons. The van der Waals surface area contributed by atoms with E-state index in [0.717, 1.165) is 25.3 Å². The Kier molecular flexibility index (Phi) is 5.18. The van der Waals surface area contributed by atoms with Gasteiger partial charge in [-0.1, -0.05) is 0 Å². The number of rotatable bonds is 6. The van der Waals surface area contributed by atoms with Crippen LogP contribution >= 0.6 is 0 Å². The van der Waals surface area contributed by atoms with Crippen LogP contribution in [0.3, 0.4) is 0 Å². The fourth-order valence-corrected chi connectivity index (χ4v) is 2.72. The van der Waals surface area contributed by atoms with Crippen molar-refractivity contribution in [1.29, 1.82) is 0 Å². The Morgan fingerprint density at radius 3 is 2.43 bits per heavy atom. The summed E-state index contributed by atoms with van der Waals surface area (Å²) in [4.78, 5) is 10.3. The molecule has 0 heterocycles. The molecular formula is C11H11F3O6S. The fourth-order valence-electron chi connectivity index (χ4n) is 1.43. The first kappa shape index (κ1) is 17.2. The highest BCUT2D eigenvalue weighted by molar-refractivity contribution is 7.91. The molecular weight excluding hydrogens is 317 g/mol. The van der Waals surface area contributed by atoms with Gasteiger partial charge < -0.3 is 9.84 Å². The molecule has 0 aliphatic carbocycles. The lowest BCUT2D eigenvalue weighted by Crippen LogP contribution is -2.20. The van der Waals surface area contributed by atoms with E-state index in [1.54, 1.807) is 0 Å². The van der Waals surface area contributed by atoms with Gasteiger partial charge in [0.1, 0.15) is 10.6 Å². The van der Waals surface area contributed by atoms with Gasteiger partial charge in [-0.25, -0.2) is 13.2 Å². The molecule has 0 amide bonds. The second kappa shape index (κ2) is 6.31. The third-order valence-electron chi connectivity index (χ3n) is 2.36. The Labute approximate surface area is 118 Å². The van der Waals surface area contributed by atoms with Crippen LogP contribution in [0.5, 0.6) is 5.75 Å². The largest absolute Gasteiger partial charge is 0.522 e. The molecule has 6 nitrogen and oxygen atoms in total. The number of carboxylic acids is 1. The second-order valence-electron chi connectivity index (χ2n) is 3.78. The predicted molar refractivity (Wildman–Crippen MR) is 64.0 cm³/mol. The van der Waals surface area contributed by atoms with E-state index in [0.29, 0.717) is 0 Å². The van der Waals surface area contributed by atoms with Gasteiger partial charge in [-0.3, -0.25) is 4.74 Å². The van der Waals surface area contributed by atoms with Crippen molar-refractivity contribution in [2.24, 2.45) is 0 Å². The van der Waals surface area contributed by atoms with Crippen LogP contribution in [0, 0.1) is 0 Å². The minimum atomic E-state index is -4.94. The molecule has 0 saturated heterocycles. The van der Waals surface area contributed by atoms with E-state index in [9.17, 15) is 26.4 Å². The lowest BCUT2D eigenvalue weighted by molar-refractivity contribution is -0.322. The number of carboxylic acid groups (broad SMARTS) is 1. The molecule has 1 aromatic carbocycles. The molecule has 0 aliphatic heterocycles. The number of alkyl halides is 3. The van der Waals surface area contributed by atoms with E-state index in [4.69, 9.17) is 9.84 Å². The van der Waals surface area contributed by atoms with Crippen LogP contribution in [0.15, 0.2) is 23.1 Å². The molecule has 21 heavy (non-hydrogen) atoms. The van der Waals surface area contributed by atoms with Crippen molar-refractivity contribution in [2.75, 3.05) is 19.5 Å². The van der Waals surface area contributed by atoms with Crippen LogP contribution in [-0.4, -0.2) is 45.3 Å². The van der Waals surface area contributed by atoms with Gasteiger partial charge in [0.25, 0.3) is 0 Å². The standard InChI is InChI=1S/C11H11F3O6S/c1-19-8-3-2-7(10(15)16)6-9(8)21(17,18)5-4-20-11(12,13)14/h2-3,6H,4-5H2,1H3,(H,15,16). The molecule has 0 spiro atoms. The maximum Gasteiger partial charge on any atom is 0.522 e. The summed E-state index contributed by atoms with van der Waals surface area (Å²) in [7, 11) is -3.04. The van der Waals surface area contributed by atoms with Gasteiger partial charge in [-0.15, -0.1) is 13.2 Å². The highest BCUT2D eigenvalue weighted by Gasteiger charge is 2.30. The van der Waals surface area contributed by atoms with E-state index >= 15 is 0 Å². The SMILES string of the molecule is COc1ccc(C(=O)O)cc1S(=O)(=O)CCOC(F)(F)F. The Morgan fingerprint density at radius 2 is 1.95 bits per heavy atom. The number of carbonyl (C=O) groups is 1. The second-order valence-corrected chi connectivity index (χ2v) is 5.86. The van der Waals surface area contributed by atoms with Crippen LogP contribution < -0.4 is 4.74 Å². The first-order valence-electron chi connectivity index (χ1n) is 5.41. The summed E-state index contributed by atoms with van der Waals surface area (Å²) in [5, 5.41) is 8.81. The lowest BCUT2D eigenvalue weighted by Gasteiger charge is -2.11. The molecule has 0 atom stereocenters. The maximum absolute atomic E-state index is 12.0. The van der Waals surface area contributed by atoms with Crippen molar-refractivity contribution >= 4 is 15.8 Å². The van der Waals surface area contributed by atoms with Crippen LogP contribution in [0.25, 0.3) is 0 Å². The van der Waals surface area contributed by atoms with Crippen molar-refractivity contribution < 1.29 is 41.0 Å². The van der Waals surface area contributed by atoms with E-state index in [1.807, 2.05) is 0 Å². The highest BCUT2D eigenvalue weighted by Crippen LogP contribution is 2.26. The normalized spacial score (nSPS) is 12.2. The smallest absolute Gasteiger partial charge is 0.495 e. The monoisotopic (exact) mass is 328 g/mol. The van der Waals surface area contributed by atoms with Gasteiger partial charge in [0.15, 0.2) is 9.84 Å². The third-order valence-corrected chi connectivity index (χ3v) is 4.06. The van der Waals surface area contributed by atoms with Crippen LogP contribution in [0.2, 0.25) is 0 Å². The van der Waals surface area contributed by atoms with Gasteiger partial charge in [0.2, 0.25) is 0 Å². The number of benzene rings is 1. The quantitative estimate of drug-likeness (QED) is 0.855. The summed E-state index contributed by atoms with van der Waals surface area (Å²) in [6.45, 7) is -1.10. The number of hydrogen-bond donors (Lipinski definition) is 1. The molecule has 0 aromatic heterocycles. The number of ether oxygens (including phenoxy) is 2. The van der Waals surface area contributed by atoms with Crippen molar-refractivity contribution in [3.63, 3.8) is 0 Å². The topological polar surface area (TPSA) is 89.9 Å². The van der Waals surface area contributed by atoms with Gasteiger partial charge in [0, 0.05) is 0 Å². The number of aromatic carboxylic acids is 1. The van der Waals surface area contributed by atoms with E-state index in [-0.39, 0.29) is 11.3 Å². The Balaban J connectivity index is 3.06. The van der Waals surface area contributed by atoms with Gasteiger partial charge in [-0.05, 0) is 18.2 Å². The Hall–Kier alpha value is -1.81. The van der Waals surface area contributed by atoms with Crippen molar-refractivity contribution in [1.82, 2.24) is 0 Å². The molecule has 0 aliphatic rings. The molecule has 0 bridgehead atoms. The van der Waals surface area contributed by atoms with Gasteiger partial charge in [0.05, 0.1) is 25.0 Å². The summed E-state index contributed by atoms with van der Waals surface area (Å²) in [5.74, 6) is -2.50. The highest BCUT2D eigenvalue weighted by atomic mass is 32.2. The molecule has 0 unspecified atom stereocenters. The summed E-state index contributed by atoms with van der Waals surface area (Å²) in [6.07, 6.45) is -4.94. The van der Waals surface area contributed by atoms with Crippen LogP contribution in [0.1, 0.15) is 10.4 Å². The zero-order chi connectivity index (χ0) is 16.3. The maximum atomic E-state index is 12.0. The summed E-state index contributed by atoms with van der Waals surface area (Å²) < 4.78 is 67.6. The molecule has 0 saturated carbocycles. The molecule has 0 fully saturated rings. The summed E-state index contributed by atoms with van der Waals surface area (Å²) in [5.41, 5.74) is -0.328. The number of sulfone groups is 1. The predicted octanol–water partition coefficient (Wildman–Crippen LogP) is 1.70. The lowest BCUT2D eigenvalue weighted by atomic mass is 10.2. The summed E-state index contributed by atoms with van der Waals surface area (Å²) in [6, 6.07) is 3.05. The molecule has 1 rings (SSSR count). The van der Waals surface area contributed by atoms with Crippen molar-refractivity contribution in [3.05, 3.63) is 23.8 Å². The minimum absolute atomic E-state index is 0.160. The number of halogens is 3. The van der Waals surface area contributed by atoms with E-state index in [1.165, 1.54) is 0 Å². The summed E-state index contributed by atoms with van der Waals surface area (Å²) >= 11 is 0. The van der Waals surface area contributed by atoms with Crippen LogP contribution in [0.4, 0.5) is 13.2 Å². The number of methoxy groups -OCH3 is 1.